The van der Waals surface area contributed by atoms with Gasteiger partial charge in [-0.2, -0.15) is 0 Å². The Kier molecular flexibility index (Phi) is 3.58. The third-order valence-electron chi connectivity index (χ3n) is 3.06. The maximum atomic E-state index is 8.97. The molecule has 0 radical (unpaired) electrons. The molecule has 1 heterocycles. The van der Waals surface area contributed by atoms with Gasteiger partial charge in [-0.1, -0.05) is 0 Å². The van der Waals surface area contributed by atoms with E-state index >= 15 is 0 Å². The van der Waals surface area contributed by atoms with Crippen LogP contribution in [0.3, 0.4) is 0 Å². The zero-order valence-corrected chi connectivity index (χ0v) is 10.8. The summed E-state index contributed by atoms with van der Waals surface area (Å²) in [5, 5.41) is 8.97. The Morgan fingerprint density at radius 3 is 2.72 bits per heavy atom. The van der Waals surface area contributed by atoms with Crippen LogP contribution in [-0.2, 0) is 7.05 Å². The van der Waals surface area contributed by atoms with Crippen molar-refractivity contribution in [3.63, 3.8) is 0 Å². The lowest BCUT2D eigenvalue weighted by molar-refractivity contribution is 0.304. The van der Waals surface area contributed by atoms with Crippen molar-refractivity contribution in [3.05, 3.63) is 36.7 Å². The molecule has 4 heteroatoms. The van der Waals surface area contributed by atoms with Crippen LogP contribution in [0.25, 0.3) is 11.1 Å². The van der Waals surface area contributed by atoms with Crippen LogP contribution >= 0.6 is 0 Å². The average Bonchev–Trinajstić information content (AvgIpc) is 2.76. The van der Waals surface area contributed by atoms with Crippen molar-refractivity contribution < 1.29 is 5.11 Å². The van der Waals surface area contributed by atoms with Crippen molar-refractivity contribution in [2.24, 2.45) is 7.05 Å². The third kappa shape index (κ3) is 2.49. The van der Waals surface area contributed by atoms with Crippen molar-refractivity contribution >= 4 is 11.4 Å². The van der Waals surface area contributed by atoms with Crippen molar-refractivity contribution in [2.75, 3.05) is 30.8 Å². The second-order valence-corrected chi connectivity index (χ2v) is 4.48. The molecule has 0 saturated carbocycles. The van der Waals surface area contributed by atoms with E-state index in [4.69, 9.17) is 10.8 Å². The molecule has 0 atom stereocenters. The quantitative estimate of drug-likeness (QED) is 0.806. The normalized spacial score (nSPS) is 10.6. The summed E-state index contributed by atoms with van der Waals surface area (Å²) in [6.45, 7) is 0.750. The summed E-state index contributed by atoms with van der Waals surface area (Å²) in [5.74, 6) is 0. The molecule has 18 heavy (non-hydrogen) atoms. The molecule has 4 nitrogen and oxygen atoms in total. The number of rotatable bonds is 4. The van der Waals surface area contributed by atoms with E-state index in [9.17, 15) is 0 Å². The largest absolute Gasteiger partial charge is 0.398 e. The zero-order valence-electron chi connectivity index (χ0n) is 10.8. The molecule has 2 rings (SSSR count). The van der Waals surface area contributed by atoms with Crippen LogP contribution in [0.4, 0.5) is 11.4 Å². The van der Waals surface area contributed by atoms with Crippen molar-refractivity contribution in [1.82, 2.24) is 4.57 Å². The summed E-state index contributed by atoms with van der Waals surface area (Å²) < 4.78 is 2.00. The highest BCUT2D eigenvalue weighted by Crippen LogP contribution is 2.30. The standard InChI is InChI=1S/C14H19N3O/c1-16-6-5-11(10-16)13-9-12(3-4-14(13)15)17(2)7-8-18/h3-6,9-10,18H,7-8,15H2,1-2H3. The van der Waals surface area contributed by atoms with Crippen LogP contribution < -0.4 is 10.6 Å². The topological polar surface area (TPSA) is 54.4 Å². The molecule has 0 aliphatic carbocycles. The van der Waals surface area contributed by atoms with Crippen molar-refractivity contribution in [1.29, 1.82) is 0 Å². The van der Waals surface area contributed by atoms with E-state index in [1.54, 1.807) is 0 Å². The summed E-state index contributed by atoms with van der Waals surface area (Å²) in [5.41, 5.74) is 9.98. The van der Waals surface area contributed by atoms with Gasteiger partial charge in [0.15, 0.2) is 0 Å². The van der Waals surface area contributed by atoms with Gasteiger partial charge in [-0.05, 0) is 24.3 Å². The van der Waals surface area contributed by atoms with Crippen LogP contribution in [0.1, 0.15) is 0 Å². The number of benzene rings is 1. The zero-order chi connectivity index (χ0) is 13.1. The first-order chi connectivity index (χ1) is 8.61. The SMILES string of the molecule is CN(CCO)c1ccc(N)c(-c2ccn(C)c2)c1. The van der Waals surface area contributed by atoms with Crippen LogP contribution in [0.5, 0.6) is 0 Å². The van der Waals surface area contributed by atoms with E-state index in [0.717, 1.165) is 22.5 Å². The van der Waals surface area contributed by atoms with Gasteiger partial charge in [-0.15, -0.1) is 0 Å². The molecule has 0 amide bonds. The number of aliphatic hydroxyl groups excluding tert-OH is 1. The summed E-state index contributed by atoms with van der Waals surface area (Å²) >= 11 is 0. The maximum Gasteiger partial charge on any atom is 0.0606 e. The molecule has 0 aliphatic rings. The lowest BCUT2D eigenvalue weighted by Gasteiger charge is -2.19. The second-order valence-electron chi connectivity index (χ2n) is 4.48. The van der Waals surface area contributed by atoms with Gasteiger partial charge in [0.25, 0.3) is 0 Å². The number of anilines is 2. The summed E-state index contributed by atoms with van der Waals surface area (Å²) in [4.78, 5) is 2.01. The molecule has 1 aromatic carbocycles. The number of hydrogen-bond acceptors (Lipinski definition) is 3. The lowest BCUT2D eigenvalue weighted by atomic mass is 10.1. The Balaban J connectivity index is 2.38. The minimum absolute atomic E-state index is 0.140. The number of nitrogens with two attached hydrogens (primary N) is 1. The summed E-state index contributed by atoms with van der Waals surface area (Å²) in [6, 6.07) is 7.98. The van der Waals surface area contributed by atoms with Crippen molar-refractivity contribution in [2.45, 2.75) is 0 Å². The highest BCUT2D eigenvalue weighted by atomic mass is 16.3. The van der Waals surface area contributed by atoms with E-state index in [1.807, 2.05) is 54.2 Å². The van der Waals surface area contributed by atoms with Gasteiger partial charge in [0, 0.05) is 55.5 Å². The highest BCUT2D eigenvalue weighted by molar-refractivity contribution is 5.79. The summed E-state index contributed by atoms with van der Waals surface area (Å²) in [6.07, 6.45) is 4.04. The van der Waals surface area contributed by atoms with E-state index in [0.29, 0.717) is 6.54 Å². The molecule has 0 unspecified atom stereocenters. The van der Waals surface area contributed by atoms with Crippen LogP contribution in [0, 0.1) is 0 Å². The Bertz CT molecular complexity index is 534. The molecule has 2 aromatic rings. The average molecular weight is 245 g/mol. The fourth-order valence-corrected chi connectivity index (χ4v) is 1.97. The molecular formula is C14H19N3O. The number of likely N-dealkylation sites (N-methyl/N-ethyl adjacent to an activating group) is 1. The molecule has 0 spiro atoms. The van der Waals surface area contributed by atoms with Crippen molar-refractivity contribution in [3.8, 4) is 11.1 Å². The number of aliphatic hydroxyl groups is 1. The number of aromatic nitrogens is 1. The van der Waals surface area contributed by atoms with E-state index < -0.39 is 0 Å². The highest BCUT2D eigenvalue weighted by Gasteiger charge is 2.07. The molecule has 0 saturated heterocycles. The molecule has 96 valence electrons. The molecular weight excluding hydrogens is 226 g/mol. The summed E-state index contributed by atoms with van der Waals surface area (Å²) in [7, 11) is 3.94. The first kappa shape index (κ1) is 12.5. The number of nitrogens with zero attached hydrogens (tertiary/aromatic N) is 2. The minimum Gasteiger partial charge on any atom is -0.398 e. The third-order valence-corrected chi connectivity index (χ3v) is 3.06. The number of hydrogen-bond donors (Lipinski definition) is 2. The Morgan fingerprint density at radius 1 is 1.33 bits per heavy atom. The molecule has 0 bridgehead atoms. The number of aryl methyl sites for hydroxylation is 1. The van der Waals surface area contributed by atoms with Gasteiger partial charge in [0.2, 0.25) is 0 Å². The maximum absolute atomic E-state index is 8.97. The Labute approximate surface area is 107 Å². The van der Waals surface area contributed by atoms with Gasteiger partial charge < -0.3 is 20.3 Å². The first-order valence-electron chi connectivity index (χ1n) is 5.95. The van der Waals surface area contributed by atoms with Crippen LogP contribution in [-0.4, -0.2) is 29.9 Å². The first-order valence-corrected chi connectivity index (χ1v) is 5.95. The second kappa shape index (κ2) is 5.14. The lowest BCUT2D eigenvalue weighted by Crippen LogP contribution is -2.21. The molecule has 3 N–H and O–H groups in total. The van der Waals surface area contributed by atoms with Gasteiger partial charge in [0.05, 0.1) is 6.61 Å². The minimum atomic E-state index is 0.140. The predicted molar refractivity (Wildman–Crippen MR) is 75.6 cm³/mol. The smallest absolute Gasteiger partial charge is 0.0606 e. The fraction of sp³-hybridized carbons (Fsp3) is 0.286. The predicted octanol–water partition coefficient (Wildman–Crippen LogP) is 1.70. The van der Waals surface area contributed by atoms with Gasteiger partial charge in [-0.25, -0.2) is 0 Å². The van der Waals surface area contributed by atoms with E-state index in [2.05, 4.69) is 6.07 Å². The van der Waals surface area contributed by atoms with Gasteiger partial charge >= 0.3 is 0 Å². The van der Waals surface area contributed by atoms with Gasteiger partial charge in [0.1, 0.15) is 0 Å². The van der Waals surface area contributed by atoms with E-state index in [-0.39, 0.29) is 6.61 Å². The van der Waals surface area contributed by atoms with Crippen LogP contribution in [0.15, 0.2) is 36.7 Å². The fourth-order valence-electron chi connectivity index (χ4n) is 1.97. The molecule has 0 fully saturated rings. The van der Waals surface area contributed by atoms with E-state index in [1.165, 1.54) is 0 Å². The Morgan fingerprint density at radius 2 is 2.11 bits per heavy atom. The van der Waals surface area contributed by atoms with Gasteiger partial charge in [-0.3, -0.25) is 0 Å². The number of nitrogen functional groups attached to an aromatic ring is 1. The molecule has 1 aromatic heterocycles. The monoisotopic (exact) mass is 245 g/mol. The molecule has 0 aliphatic heterocycles. The Hall–Kier alpha value is -1.94. The van der Waals surface area contributed by atoms with Crippen LogP contribution in [0.2, 0.25) is 0 Å².